The second-order valence-corrected chi connectivity index (χ2v) is 6.81. The zero-order valence-electron chi connectivity index (χ0n) is 16.6. The monoisotopic (exact) mass is 440 g/mol. The van der Waals surface area contributed by atoms with E-state index in [0.29, 0.717) is 28.4 Å². The van der Waals surface area contributed by atoms with Gasteiger partial charge >= 0.3 is 5.97 Å². The molecule has 0 spiro atoms. The summed E-state index contributed by atoms with van der Waals surface area (Å²) < 4.78 is 50.9. The largest absolute Gasteiger partial charge is 0.463 e. The first kappa shape index (κ1) is 21.1. The van der Waals surface area contributed by atoms with Crippen LogP contribution in [0.15, 0.2) is 65.3 Å². The van der Waals surface area contributed by atoms with Crippen LogP contribution in [-0.4, -0.2) is 23.0 Å². The highest BCUT2D eigenvalue weighted by molar-refractivity contribution is 6.05. The molecule has 6 nitrogen and oxygen atoms in total. The predicted octanol–water partition coefficient (Wildman–Crippen LogP) is 5.10. The Morgan fingerprint density at radius 3 is 2.56 bits per heavy atom. The molecule has 0 aliphatic rings. The first-order valence-corrected chi connectivity index (χ1v) is 9.44. The first-order valence-electron chi connectivity index (χ1n) is 9.44. The topological polar surface area (TPSA) is 81.4 Å². The Bertz CT molecular complexity index is 1320. The SMILES string of the molecule is CC(OC(=O)c1cc(-c2ccco2)nc2ccccc12)C(=O)Nc1ccc(F)c(F)c1F. The van der Waals surface area contributed by atoms with Crippen molar-refractivity contribution < 1.29 is 31.9 Å². The molecule has 2 aromatic heterocycles. The van der Waals surface area contributed by atoms with E-state index in [1.807, 2.05) is 0 Å². The molecule has 4 rings (SSSR count). The Labute approximate surface area is 179 Å². The molecule has 162 valence electrons. The third-order valence-corrected chi connectivity index (χ3v) is 4.66. The van der Waals surface area contributed by atoms with Gasteiger partial charge in [0.1, 0.15) is 5.69 Å². The van der Waals surface area contributed by atoms with Crippen LogP contribution in [0.3, 0.4) is 0 Å². The van der Waals surface area contributed by atoms with Crippen molar-refractivity contribution >= 4 is 28.5 Å². The van der Waals surface area contributed by atoms with Crippen LogP contribution in [0.1, 0.15) is 17.3 Å². The van der Waals surface area contributed by atoms with E-state index in [4.69, 9.17) is 9.15 Å². The summed E-state index contributed by atoms with van der Waals surface area (Å²) >= 11 is 0. The lowest BCUT2D eigenvalue weighted by Gasteiger charge is -2.15. The lowest BCUT2D eigenvalue weighted by atomic mass is 10.1. The van der Waals surface area contributed by atoms with Gasteiger partial charge in [-0.05, 0) is 43.3 Å². The molecule has 9 heteroatoms. The zero-order valence-corrected chi connectivity index (χ0v) is 16.6. The van der Waals surface area contributed by atoms with Gasteiger partial charge in [-0.15, -0.1) is 0 Å². The number of benzene rings is 2. The summed E-state index contributed by atoms with van der Waals surface area (Å²) in [5.74, 6) is -5.99. The van der Waals surface area contributed by atoms with Crippen molar-refractivity contribution in [1.29, 1.82) is 0 Å². The number of anilines is 1. The summed E-state index contributed by atoms with van der Waals surface area (Å²) in [4.78, 5) is 29.7. The molecule has 1 unspecified atom stereocenters. The minimum Gasteiger partial charge on any atom is -0.463 e. The number of nitrogens with one attached hydrogen (secondary N) is 1. The van der Waals surface area contributed by atoms with Gasteiger partial charge in [-0.1, -0.05) is 18.2 Å². The van der Waals surface area contributed by atoms with E-state index in [-0.39, 0.29) is 5.56 Å². The molecule has 0 bridgehead atoms. The molecule has 1 atom stereocenters. The number of fused-ring (bicyclic) bond motifs is 1. The van der Waals surface area contributed by atoms with Gasteiger partial charge in [0.2, 0.25) is 0 Å². The lowest BCUT2D eigenvalue weighted by molar-refractivity contribution is -0.123. The number of para-hydroxylation sites is 1. The molecule has 2 heterocycles. The number of furan rings is 1. The highest BCUT2D eigenvalue weighted by Crippen LogP contribution is 2.26. The average Bonchev–Trinajstić information content (AvgIpc) is 3.33. The number of halogens is 3. The first-order chi connectivity index (χ1) is 15.3. The Balaban J connectivity index is 1.58. The quantitative estimate of drug-likeness (QED) is 0.345. The van der Waals surface area contributed by atoms with Crippen molar-refractivity contribution in [2.45, 2.75) is 13.0 Å². The molecule has 0 fully saturated rings. The van der Waals surface area contributed by atoms with Crippen LogP contribution in [0.25, 0.3) is 22.4 Å². The molecule has 0 aliphatic heterocycles. The molecule has 32 heavy (non-hydrogen) atoms. The fourth-order valence-electron chi connectivity index (χ4n) is 3.03. The van der Waals surface area contributed by atoms with Gasteiger partial charge in [0.25, 0.3) is 5.91 Å². The standard InChI is InChI=1S/C23H15F3N2O4/c1-12(22(29)28-17-9-8-15(24)20(25)21(17)26)32-23(30)14-11-18(19-7-4-10-31-19)27-16-6-3-2-5-13(14)16/h2-12H,1H3,(H,28,29). The molecule has 1 amide bonds. The third kappa shape index (κ3) is 4.04. The van der Waals surface area contributed by atoms with Crippen LogP contribution in [0.5, 0.6) is 0 Å². The van der Waals surface area contributed by atoms with Crippen molar-refractivity contribution in [3.05, 3.63) is 83.9 Å². The predicted molar refractivity (Wildman–Crippen MR) is 109 cm³/mol. The molecular weight excluding hydrogens is 425 g/mol. The Morgan fingerprint density at radius 2 is 1.81 bits per heavy atom. The van der Waals surface area contributed by atoms with Gasteiger partial charge in [0.15, 0.2) is 29.3 Å². The van der Waals surface area contributed by atoms with Crippen molar-refractivity contribution in [3.63, 3.8) is 0 Å². The van der Waals surface area contributed by atoms with Crippen LogP contribution in [0.2, 0.25) is 0 Å². The van der Waals surface area contributed by atoms with Gasteiger partial charge in [-0.2, -0.15) is 0 Å². The van der Waals surface area contributed by atoms with Crippen LogP contribution < -0.4 is 5.32 Å². The van der Waals surface area contributed by atoms with E-state index in [1.54, 1.807) is 36.4 Å². The van der Waals surface area contributed by atoms with Gasteiger partial charge in [-0.25, -0.2) is 22.9 Å². The number of hydrogen-bond donors (Lipinski definition) is 1. The summed E-state index contributed by atoms with van der Waals surface area (Å²) in [5.41, 5.74) is 0.461. The fourth-order valence-corrected chi connectivity index (χ4v) is 3.03. The maximum atomic E-state index is 13.8. The lowest BCUT2D eigenvalue weighted by Crippen LogP contribution is -2.30. The molecule has 4 aromatic rings. The van der Waals surface area contributed by atoms with Crippen molar-refractivity contribution in [1.82, 2.24) is 4.98 Å². The molecular formula is C23H15F3N2O4. The van der Waals surface area contributed by atoms with E-state index in [9.17, 15) is 22.8 Å². The summed E-state index contributed by atoms with van der Waals surface area (Å²) in [5, 5.41) is 2.57. The van der Waals surface area contributed by atoms with E-state index < -0.39 is 41.1 Å². The molecule has 1 N–H and O–H groups in total. The van der Waals surface area contributed by atoms with E-state index in [0.717, 1.165) is 6.07 Å². The maximum absolute atomic E-state index is 13.8. The smallest absolute Gasteiger partial charge is 0.339 e. The van der Waals surface area contributed by atoms with Crippen molar-refractivity contribution in [3.8, 4) is 11.5 Å². The van der Waals surface area contributed by atoms with Crippen LogP contribution in [0, 0.1) is 17.5 Å². The van der Waals surface area contributed by atoms with Gasteiger partial charge in [-0.3, -0.25) is 4.79 Å². The highest BCUT2D eigenvalue weighted by atomic mass is 19.2. The highest BCUT2D eigenvalue weighted by Gasteiger charge is 2.24. The second-order valence-electron chi connectivity index (χ2n) is 6.81. The average molecular weight is 440 g/mol. The number of carbonyl (C=O) groups excluding carboxylic acids is 2. The Kier molecular flexibility index (Phi) is 5.63. The molecule has 0 saturated carbocycles. The van der Waals surface area contributed by atoms with Crippen LogP contribution in [0.4, 0.5) is 18.9 Å². The number of esters is 1. The molecule has 0 aliphatic carbocycles. The van der Waals surface area contributed by atoms with E-state index in [2.05, 4.69) is 10.3 Å². The number of ether oxygens (including phenoxy) is 1. The van der Waals surface area contributed by atoms with E-state index >= 15 is 0 Å². The van der Waals surface area contributed by atoms with Crippen molar-refractivity contribution in [2.75, 3.05) is 5.32 Å². The number of carbonyl (C=O) groups is 2. The van der Waals surface area contributed by atoms with Crippen molar-refractivity contribution in [2.24, 2.45) is 0 Å². The van der Waals surface area contributed by atoms with Gasteiger partial charge in [0, 0.05) is 5.39 Å². The van der Waals surface area contributed by atoms with Gasteiger partial charge in [0.05, 0.1) is 23.0 Å². The third-order valence-electron chi connectivity index (χ3n) is 4.66. The van der Waals surface area contributed by atoms with Gasteiger partial charge < -0.3 is 14.5 Å². The summed E-state index contributed by atoms with van der Waals surface area (Å²) in [7, 11) is 0. The zero-order chi connectivity index (χ0) is 22.8. The van der Waals surface area contributed by atoms with Crippen LogP contribution in [-0.2, 0) is 9.53 Å². The number of hydrogen-bond acceptors (Lipinski definition) is 5. The number of rotatable bonds is 5. The summed E-state index contributed by atoms with van der Waals surface area (Å²) in [6, 6.07) is 13.2. The minimum atomic E-state index is -1.72. The Morgan fingerprint density at radius 1 is 1.03 bits per heavy atom. The number of nitrogens with zero attached hydrogens (tertiary/aromatic N) is 1. The summed E-state index contributed by atoms with van der Waals surface area (Å²) in [6.45, 7) is 1.27. The number of pyridine rings is 1. The minimum absolute atomic E-state index is 0.139. The number of aromatic nitrogens is 1. The maximum Gasteiger partial charge on any atom is 0.339 e. The molecule has 0 radical (unpaired) electrons. The van der Waals surface area contributed by atoms with E-state index in [1.165, 1.54) is 19.3 Å². The van der Waals surface area contributed by atoms with Crippen LogP contribution >= 0.6 is 0 Å². The Hall–Kier alpha value is -4.14. The number of amides is 1. The fraction of sp³-hybridized carbons (Fsp3) is 0.0870. The molecule has 0 saturated heterocycles. The normalized spacial score (nSPS) is 11.9. The molecule has 2 aromatic carbocycles. The summed E-state index contributed by atoms with van der Waals surface area (Å²) in [6.07, 6.45) is 0.0996. The second kappa shape index (κ2) is 8.54.